The Morgan fingerprint density at radius 3 is 2.11 bits per heavy atom. The lowest BCUT2D eigenvalue weighted by Crippen LogP contribution is -2.55. The average molecular weight is 745 g/mol. The third-order valence-electron chi connectivity index (χ3n) is 10.7. The molecular weight excluding hydrogens is 692 g/mol. The minimum Gasteiger partial charge on any atom is -0.458 e. The maximum absolute atomic E-state index is 14.0. The van der Waals surface area contributed by atoms with Gasteiger partial charge in [0.1, 0.15) is 11.9 Å². The van der Waals surface area contributed by atoms with Crippen LogP contribution < -0.4 is 4.90 Å². The number of ether oxygens (including phenoxy) is 1. The summed E-state index contributed by atoms with van der Waals surface area (Å²) in [6, 6.07) is 31.6. The molecule has 1 aliphatic rings. The molecule has 1 amide bonds. The molecule has 3 atom stereocenters. The minimum absolute atomic E-state index is 0.0424. The summed E-state index contributed by atoms with van der Waals surface area (Å²) in [4.78, 5) is 27.9. The van der Waals surface area contributed by atoms with Crippen molar-refractivity contribution in [2.45, 2.75) is 103 Å². The van der Waals surface area contributed by atoms with Crippen LogP contribution in [0.5, 0.6) is 0 Å². The molecule has 1 unspecified atom stereocenters. The van der Waals surface area contributed by atoms with Gasteiger partial charge in [0, 0.05) is 32.0 Å². The van der Waals surface area contributed by atoms with Crippen LogP contribution in [0.3, 0.4) is 0 Å². The van der Waals surface area contributed by atoms with E-state index in [4.69, 9.17) is 9.84 Å². The number of aliphatic hydroxyl groups excluding tert-OH is 1. The second kappa shape index (κ2) is 20.0. The van der Waals surface area contributed by atoms with Crippen molar-refractivity contribution in [3.05, 3.63) is 149 Å². The van der Waals surface area contributed by atoms with E-state index in [0.717, 1.165) is 82.0 Å². The van der Waals surface area contributed by atoms with Crippen LogP contribution in [0.4, 0.5) is 10.1 Å². The van der Waals surface area contributed by atoms with E-state index in [0.29, 0.717) is 18.4 Å². The van der Waals surface area contributed by atoms with E-state index >= 15 is 0 Å². The smallest absolute Gasteiger partial charge is 0.303 e. The van der Waals surface area contributed by atoms with E-state index in [1.165, 1.54) is 41.3 Å². The fraction of sp³-hybridized carbons (Fsp3) is 0.391. The third kappa shape index (κ3) is 11.0. The lowest BCUT2D eigenvalue weighted by molar-refractivity contribution is -0.147. The Hall–Kier alpha value is -5.15. The summed E-state index contributed by atoms with van der Waals surface area (Å²) < 4.78 is 21.2. The summed E-state index contributed by atoms with van der Waals surface area (Å²) in [7, 11) is 0. The van der Waals surface area contributed by atoms with Gasteiger partial charge in [-0.3, -0.25) is 14.3 Å². The first-order valence-electron chi connectivity index (χ1n) is 19.8. The first kappa shape index (κ1) is 39.5. The maximum atomic E-state index is 14.0. The molecule has 1 aliphatic heterocycles. The number of hydrogen-bond acceptors (Lipinski definition) is 6. The van der Waals surface area contributed by atoms with Crippen molar-refractivity contribution < 1.29 is 23.8 Å². The quantitative estimate of drug-likeness (QED) is 0.0458. The second-order valence-corrected chi connectivity index (χ2v) is 14.7. The van der Waals surface area contributed by atoms with E-state index < -0.39 is 12.1 Å². The maximum Gasteiger partial charge on any atom is 0.303 e. The molecule has 6 rings (SSSR count). The zero-order chi connectivity index (χ0) is 38.4. The molecule has 2 heterocycles. The van der Waals surface area contributed by atoms with Crippen molar-refractivity contribution in [3.8, 4) is 0 Å². The van der Waals surface area contributed by atoms with E-state index in [9.17, 15) is 14.0 Å². The lowest BCUT2D eigenvalue weighted by atomic mass is 9.78. The number of rotatable bonds is 21. The predicted molar refractivity (Wildman–Crippen MR) is 213 cm³/mol. The van der Waals surface area contributed by atoms with Gasteiger partial charge in [0.15, 0.2) is 0 Å². The third-order valence-corrected chi connectivity index (χ3v) is 10.7. The van der Waals surface area contributed by atoms with Crippen LogP contribution in [0.2, 0.25) is 0 Å². The number of hydrogen-bond donors (Lipinski definition) is 1. The summed E-state index contributed by atoms with van der Waals surface area (Å²) in [6.07, 6.45) is 14.1. The van der Waals surface area contributed by atoms with Gasteiger partial charge in [-0.25, -0.2) is 4.39 Å². The molecule has 9 heteroatoms. The van der Waals surface area contributed by atoms with Gasteiger partial charge in [-0.05, 0) is 122 Å². The summed E-state index contributed by atoms with van der Waals surface area (Å²) in [5, 5.41) is 17.0. The number of aryl methyl sites for hydroxylation is 5. The molecular formula is C46H53FN4O4. The molecule has 1 aromatic heterocycles. The van der Waals surface area contributed by atoms with Crippen molar-refractivity contribution in [1.29, 1.82) is 0 Å². The molecule has 0 aliphatic carbocycles. The largest absolute Gasteiger partial charge is 0.458 e. The number of anilines is 1. The van der Waals surface area contributed by atoms with Gasteiger partial charge in [-0.1, -0.05) is 90.9 Å². The molecule has 0 radical (unpaired) electrons. The fourth-order valence-electron chi connectivity index (χ4n) is 7.81. The number of amides is 1. The number of esters is 1. The molecule has 1 saturated heterocycles. The number of benzene rings is 4. The lowest BCUT2D eigenvalue weighted by Gasteiger charge is -2.48. The van der Waals surface area contributed by atoms with E-state index in [1.54, 1.807) is 18.3 Å². The van der Waals surface area contributed by atoms with Crippen molar-refractivity contribution in [1.82, 2.24) is 15.0 Å². The standard InChI is InChI=1S/C46H53FN4O4/c1-34(53)55-44(39-22-24-41(47)25-23-39)29-28-43-45(51(46(43)54)42-26-18-36(19-27-42)11-9-31-50-32-30-48-49-50)40-20-16-35(17-21-40)10-8-15-38-14-6-5-13-37(38)12-4-2-3-7-33-52/h5-6,13-14,16-27,30,32,43-45,52H,2-4,7-12,15,28-29,31,33H2,1H3/t43-,44?,45-/m1/s1. The van der Waals surface area contributed by atoms with Crippen LogP contribution in [-0.2, 0) is 46.6 Å². The molecule has 0 spiro atoms. The molecule has 8 nitrogen and oxygen atoms in total. The second-order valence-electron chi connectivity index (χ2n) is 14.7. The van der Waals surface area contributed by atoms with E-state index in [1.807, 2.05) is 27.9 Å². The number of β-lactam (4-membered cyclic amide) rings is 1. The number of carbonyl (C=O) groups is 2. The van der Waals surface area contributed by atoms with Crippen LogP contribution >= 0.6 is 0 Å². The molecule has 55 heavy (non-hydrogen) atoms. The highest BCUT2D eigenvalue weighted by atomic mass is 19.1. The first-order valence-corrected chi connectivity index (χ1v) is 19.8. The van der Waals surface area contributed by atoms with Crippen molar-refractivity contribution in [2.75, 3.05) is 11.5 Å². The predicted octanol–water partition coefficient (Wildman–Crippen LogP) is 9.11. The summed E-state index contributed by atoms with van der Waals surface area (Å²) in [5.41, 5.74) is 7.94. The Bertz CT molecular complexity index is 1930. The van der Waals surface area contributed by atoms with E-state index in [-0.39, 0.29) is 30.3 Å². The highest BCUT2D eigenvalue weighted by Crippen LogP contribution is 2.46. The van der Waals surface area contributed by atoms with Gasteiger partial charge in [-0.2, -0.15) is 0 Å². The Morgan fingerprint density at radius 1 is 0.800 bits per heavy atom. The molecule has 0 saturated carbocycles. The molecule has 1 N–H and O–H groups in total. The highest BCUT2D eigenvalue weighted by molar-refractivity contribution is 6.03. The summed E-state index contributed by atoms with van der Waals surface area (Å²) in [6.45, 7) is 2.43. The van der Waals surface area contributed by atoms with E-state index in [2.05, 4.69) is 71.0 Å². The molecule has 4 aromatic carbocycles. The Morgan fingerprint density at radius 2 is 1.45 bits per heavy atom. The van der Waals surface area contributed by atoms with Crippen molar-refractivity contribution in [3.63, 3.8) is 0 Å². The SMILES string of the molecule is CC(=O)OC(CC[C@H]1C(=O)N(c2ccc(CCCn3ccnn3)cc2)[C@@H]1c1ccc(CCCc2ccccc2CCCCCCO)cc1)c1ccc(F)cc1. The number of nitrogens with zero attached hydrogens (tertiary/aromatic N) is 4. The van der Waals surface area contributed by atoms with Gasteiger partial charge in [0.05, 0.1) is 18.2 Å². The van der Waals surface area contributed by atoms with Gasteiger partial charge in [0.25, 0.3) is 0 Å². The van der Waals surface area contributed by atoms with Crippen LogP contribution in [0, 0.1) is 11.7 Å². The number of aliphatic hydroxyl groups is 1. The summed E-state index contributed by atoms with van der Waals surface area (Å²) in [5.74, 6) is -1.03. The Balaban J connectivity index is 1.13. The van der Waals surface area contributed by atoms with Crippen LogP contribution in [0.25, 0.3) is 0 Å². The van der Waals surface area contributed by atoms with Gasteiger partial charge in [0.2, 0.25) is 5.91 Å². The monoisotopic (exact) mass is 744 g/mol. The zero-order valence-corrected chi connectivity index (χ0v) is 31.9. The van der Waals surface area contributed by atoms with Gasteiger partial charge in [-0.15, -0.1) is 5.10 Å². The Kier molecular flexibility index (Phi) is 14.4. The molecule has 1 fully saturated rings. The fourth-order valence-corrected chi connectivity index (χ4v) is 7.81. The average Bonchev–Trinajstić information content (AvgIpc) is 3.72. The molecule has 0 bridgehead atoms. The molecule has 5 aromatic rings. The zero-order valence-electron chi connectivity index (χ0n) is 31.9. The number of carbonyl (C=O) groups excluding carboxylic acids is 2. The van der Waals surface area contributed by atoms with Crippen LogP contribution in [-0.4, -0.2) is 38.6 Å². The first-order chi connectivity index (χ1) is 26.9. The van der Waals surface area contributed by atoms with Crippen LogP contribution in [0.1, 0.15) is 104 Å². The minimum atomic E-state index is -0.573. The molecule has 288 valence electrons. The number of unbranched alkanes of at least 4 members (excludes halogenated alkanes) is 3. The topological polar surface area (TPSA) is 97.6 Å². The summed E-state index contributed by atoms with van der Waals surface area (Å²) >= 11 is 0. The van der Waals surface area contributed by atoms with Crippen LogP contribution in [0.15, 0.2) is 109 Å². The highest BCUT2D eigenvalue weighted by Gasteiger charge is 2.48. The van der Waals surface area contributed by atoms with Crippen molar-refractivity contribution >= 4 is 17.6 Å². The number of halogens is 1. The normalized spacial score (nSPS) is 15.8. The van der Waals surface area contributed by atoms with Gasteiger partial charge < -0.3 is 14.7 Å². The number of aromatic nitrogens is 3. The van der Waals surface area contributed by atoms with Crippen molar-refractivity contribution in [2.24, 2.45) is 5.92 Å². The Labute approximate surface area is 324 Å². The van der Waals surface area contributed by atoms with Gasteiger partial charge >= 0.3 is 5.97 Å².